The molecule has 0 aromatic heterocycles. The van der Waals surface area contributed by atoms with Crippen molar-refractivity contribution < 1.29 is 24.1 Å². The molecule has 126 valence electrons. The van der Waals surface area contributed by atoms with E-state index in [2.05, 4.69) is 0 Å². The van der Waals surface area contributed by atoms with Gasteiger partial charge in [-0.25, -0.2) is 0 Å². The van der Waals surface area contributed by atoms with Crippen LogP contribution in [0.2, 0.25) is 0 Å². The molecule has 0 bridgehead atoms. The number of aliphatic hydroxyl groups is 1. The maximum absolute atomic E-state index is 12.6. The van der Waals surface area contributed by atoms with Crippen LogP contribution in [0.15, 0.2) is 23.8 Å². The second kappa shape index (κ2) is 4.52. The van der Waals surface area contributed by atoms with Gasteiger partial charge >= 0.3 is 0 Å². The van der Waals surface area contributed by atoms with Crippen LogP contribution in [-0.2, 0) is 21.5 Å². The molecule has 1 N–H and O–H groups in total. The molecule has 6 nitrogen and oxygen atoms in total. The number of aliphatic hydroxyl groups excluding tert-OH is 1. The molecule has 1 amide bonds. The summed E-state index contributed by atoms with van der Waals surface area (Å²) in [5, 5.41) is 10.5. The van der Waals surface area contributed by atoms with Crippen LogP contribution in [0.3, 0.4) is 0 Å². The Balaban J connectivity index is 1.74. The second-order valence-corrected chi connectivity index (χ2v) is 6.86. The van der Waals surface area contributed by atoms with Gasteiger partial charge in [0.2, 0.25) is 5.91 Å². The monoisotopic (exact) mass is 329 g/mol. The fourth-order valence-corrected chi connectivity index (χ4v) is 4.76. The summed E-state index contributed by atoms with van der Waals surface area (Å²) in [4.78, 5) is 14.5. The lowest BCUT2D eigenvalue weighted by atomic mass is 9.69. The first kappa shape index (κ1) is 14.3. The predicted molar refractivity (Wildman–Crippen MR) is 84.0 cm³/mol. The zero-order valence-corrected chi connectivity index (χ0v) is 13.6. The van der Waals surface area contributed by atoms with Crippen LogP contribution < -0.4 is 9.47 Å². The quantitative estimate of drug-likeness (QED) is 0.811. The Morgan fingerprint density at radius 1 is 1.29 bits per heavy atom. The Hall–Kier alpha value is -2.05. The Labute approximate surface area is 139 Å². The largest absolute Gasteiger partial charge is 0.493 e. The third kappa shape index (κ3) is 1.55. The minimum Gasteiger partial charge on any atom is -0.493 e. The molecule has 1 spiro atoms. The van der Waals surface area contributed by atoms with Crippen molar-refractivity contribution >= 4 is 5.91 Å². The molecule has 1 saturated carbocycles. The highest BCUT2D eigenvalue weighted by Gasteiger charge is 2.65. The second-order valence-electron chi connectivity index (χ2n) is 6.86. The van der Waals surface area contributed by atoms with E-state index in [-0.39, 0.29) is 18.1 Å². The van der Waals surface area contributed by atoms with Crippen molar-refractivity contribution in [1.82, 2.24) is 4.90 Å². The number of hydrogen-bond donors (Lipinski definition) is 1. The zero-order chi connectivity index (χ0) is 16.6. The van der Waals surface area contributed by atoms with Gasteiger partial charge in [-0.3, -0.25) is 4.79 Å². The number of rotatable bonds is 2. The SMILES string of the molecule is COc1cc2c(cc1OC)[C@]13C[C@H](O)[C@@H]4O[C@@H]4C1=CC(=O)N3CC2. The van der Waals surface area contributed by atoms with Crippen LogP contribution in [0.1, 0.15) is 17.5 Å². The lowest BCUT2D eigenvalue weighted by Gasteiger charge is -2.48. The number of epoxide rings is 1. The molecule has 3 heterocycles. The molecule has 1 aromatic rings. The van der Waals surface area contributed by atoms with Gasteiger partial charge in [0.15, 0.2) is 11.5 Å². The van der Waals surface area contributed by atoms with E-state index in [1.165, 1.54) is 0 Å². The number of fused-ring (bicyclic) bond motifs is 3. The summed E-state index contributed by atoms with van der Waals surface area (Å²) >= 11 is 0. The maximum Gasteiger partial charge on any atom is 0.247 e. The van der Waals surface area contributed by atoms with Gasteiger partial charge in [-0.2, -0.15) is 0 Å². The van der Waals surface area contributed by atoms with Crippen LogP contribution in [0.5, 0.6) is 11.5 Å². The fourth-order valence-electron chi connectivity index (χ4n) is 4.76. The van der Waals surface area contributed by atoms with Gasteiger partial charge in [0.25, 0.3) is 0 Å². The highest BCUT2D eigenvalue weighted by atomic mass is 16.6. The molecule has 24 heavy (non-hydrogen) atoms. The number of nitrogens with zero attached hydrogens (tertiary/aromatic N) is 1. The number of hydrogen-bond acceptors (Lipinski definition) is 5. The normalized spacial score (nSPS) is 35.5. The van der Waals surface area contributed by atoms with Crippen molar-refractivity contribution in [3.05, 3.63) is 34.9 Å². The van der Waals surface area contributed by atoms with Gasteiger partial charge in [-0.05, 0) is 35.3 Å². The standard InChI is InChI=1S/C18H19NO5/c1-22-13-5-9-3-4-19-15(21)7-11-16-17(24-16)12(20)8-18(11,19)10(9)6-14(13)23-2/h5-7,12,16-17,20H,3-4,8H2,1-2H3/t12-,16+,17-,18+/m0/s1. The average molecular weight is 329 g/mol. The van der Waals surface area contributed by atoms with E-state index in [1.54, 1.807) is 20.3 Å². The fraction of sp³-hybridized carbons (Fsp3) is 0.500. The van der Waals surface area contributed by atoms with Crippen molar-refractivity contribution in [1.29, 1.82) is 0 Å². The third-order valence-corrected chi connectivity index (χ3v) is 5.86. The van der Waals surface area contributed by atoms with Crippen LogP contribution in [0, 0.1) is 0 Å². The Kier molecular flexibility index (Phi) is 2.69. The van der Waals surface area contributed by atoms with Crippen molar-refractivity contribution in [3.63, 3.8) is 0 Å². The summed E-state index contributed by atoms with van der Waals surface area (Å²) in [7, 11) is 3.23. The van der Waals surface area contributed by atoms with E-state index < -0.39 is 11.6 Å². The number of amides is 1. The molecule has 4 atom stereocenters. The molecule has 4 aliphatic rings. The van der Waals surface area contributed by atoms with Gasteiger partial charge in [-0.1, -0.05) is 0 Å². The van der Waals surface area contributed by atoms with Crippen LogP contribution in [-0.4, -0.2) is 55.0 Å². The lowest BCUT2D eigenvalue weighted by Crippen LogP contribution is -2.55. The van der Waals surface area contributed by atoms with E-state index >= 15 is 0 Å². The van der Waals surface area contributed by atoms with Crippen LogP contribution >= 0.6 is 0 Å². The summed E-state index contributed by atoms with van der Waals surface area (Å²) in [5.74, 6) is 1.33. The molecular formula is C18H19NO5. The maximum atomic E-state index is 12.6. The molecule has 1 aromatic carbocycles. The molecule has 0 unspecified atom stereocenters. The smallest absolute Gasteiger partial charge is 0.247 e. The first-order valence-electron chi connectivity index (χ1n) is 8.22. The van der Waals surface area contributed by atoms with E-state index in [0.717, 1.165) is 23.1 Å². The highest BCUT2D eigenvalue weighted by Crippen LogP contribution is 2.58. The first-order valence-corrected chi connectivity index (χ1v) is 8.22. The third-order valence-electron chi connectivity index (χ3n) is 5.86. The number of carbonyl (C=O) groups is 1. The lowest BCUT2D eigenvalue weighted by molar-refractivity contribution is -0.131. The summed E-state index contributed by atoms with van der Waals surface area (Å²) in [5.41, 5.74) is 2.53. The van der Waals surface area contributed by atoms with Crippen molar-refractivity contribution in [2.75, 3.05) is 20.8 Å². The van der Waals surface area contributed by atoms with Gasteiger partial charge < -0.3 is 24.2 Å². The molecular weight excluding hydrogens is 310 g/mol. The van der Waals surface area contributed by atoms with Gasteiger partial charge in [-0.15, -0.1) is 0 Å². The minimum atomic E-state index is -0.610. The van der Waals surface area contributed by atoms with Crippen molar-refractivity contribution in [2.45, 2.75) is 36.7 Å². The van der Waals surface area contributed by atoms with Gasteiger partial charge in [0.1, 0.15) is 12.2 Å². The molecule has 2 fully saturated rings. The zero-order valence-electron chi connectivity index (χ0n) is 13.6. The van der Waals surface area contributed by atoms with E-state index in [0.29, 0.717) is 24.5 Å². The number of carbonyl (C=O) groups excluding carboxylic acids is 1. The van der Waals surface area contributed by atoms with Crippen LogP contribution in [0.4, 0.5) is 0 Å². The predicted octanol–water partition coefficient (Wildman–Crippen LogP) is 0.756. The van der Waals surface area contributed by atoms with Crippen LogP contribution in [0.25, 0.3) is 0 Å². The van der Waals surface area contributed by atoms with Crippen molar-refractivity contribution in [2.24, 2.45) is 0 Å². The van der Waals surface area contributed by atoms with E-state index in [4.69, 9.17) is 14.2 Å². The average Bonchev–Trinajstić information content (AvgIpc) is 3.33. The number of methoxy groups -OCH3 is 2. The van der Waals surface area contributed by atoms with Crippen molar-refractivity contribution in [3.8, 4) is 11.5 Å². The Morgan fingerprint density at radius 2 is 2.04 bits per heavy atom. The molecule has 5 rings (SSSR count). The summed E-state index contributed by atoms with van der Waals surface area (Å²) in [6, 6.07) is 3.95. The molecule has 0 radical (unpaired) electrons. The molecule has 1 saturated heterocycles. The van der Waals surface area contributed by atoms with Gasteiger partial charge in [0.05, 0.1) is 25.9 Å². The Bertz CT molecular complexity index is 788. The molecule has 3 aliphatic heterocycles. The topological polar surface area (TPSA) is 71.5 Å². The number of ether oxygens (including phenoxy) is 3. The summed E-state index contributed by atoms with van der Waals surface area (Å²) in [6.07, 6.45) is 2.05. The highest BCUT2D eigenvalue weighted by molar-refractivity contribution is 5.94. The molecule has 1 aliphatic carbocycles. The first-order chi connectivity index (χ1) is 11.6. The molecule has 6 heteroatoms. The summed E-state index contributed by atoms with van der Waals surface area (Å²) < 4.78 is 16.6. The van der Waals surface area contributed by atoms with Gasteiger partial charge in [0, 0.05) is 19.0 Å². The van der Waals surface area contributed by atoms with E-state index in [1.807, 2.05) is 17.0 Å². The summed E-state index contributed by atoms with van der Waals surface area (Å²) in [6.45, 7) is 0.630. The minimum absolute atomic E-state index is 0.00813. The number of benzene rings is 1. The van der Waals surface area contributed by atoms with E-state index in [9.17, 15) is 9.90 Å². The Morgan fingerprint density at radius 3 is 2.79 bits per heavy atom.